The molecule has 2 N–H and O–H groups in total. The first kappa shape index (κ1) is 26.3. The molecule has 36 heavy (non-hydrogen) atoms. The van der Waals surface area contributed by atoms with Crippen molar-refractivity contribution < 1.29 is 37.4 Å². The van der Waals surface area contributed by atoms with Crippen molar-refractivity contribution in [1.82, 2.24) is 5.32 Å². The summed E-state index contributed by atoms with van der Waals surface area (Å²) in [5, 5.41) is 11.8. The van der Waals surface area contributed by atoms with Crippen LogP contribution < -0.4 is 10.2 Å². The Kier molecular flexibility index (Phi) is 8.66. The number of carbonyl (C=O) groups is 3. The van der Waals surface area contributed by atoms with E-state index in [9.17, 15) is 32.7 Å². The van der Waals surface area contributed by atoms with Crippen LogP contribution in [-0.4, -0.2) is 29.1 Å². The summed E-state index contributed by atoms with van der Waals surface area (Å²) in [7, 11) is 0. The van der Waals surface area contributed by atoms with Gasteiger partial charge in [0.2, 0.25) is 12.1 Å². The molecule has 2 atom stereocenters. The van der Waals surface area contributed by atoms with Gasteiger partial charge in [-0.1, -0.05) is 54.6 Å². The van der Waals surface area contributed by atoms with Gasteiger partial charge in [0.05, 0.1) is 0 Å². The van der Waals surface area contributed by atoms with E-state index in [1.807, 2.05) is 0 Å². The lowest BCUT2D eigenvalue weighted by molar-refractivity contribution is -0.139. The lowest BCUT2D eigenvalue weighted by Crippen LogP contribution is -2.45. The quantitative estimate of drug-likeness (QED) is 0.392. The highest BCUT2D eigenvalue weighted by atomic mass is 19.3. The largest absolute Gasteiger partial charge is 0.480 e. The maximum Gasteiger partial charge on any atom is 0.410 e. The van der Waals surface area contributed by atoms with Crippen LogP contribution in [0.5, 0.6) is 0 Å². The maximum absolute atomic E-state index is 13.5. The van der Waals surface area contributed by atoms with E-state index < -0.39 is 42.5 Å². The van der Waals surface area contributed by atoms with E-state index in [-0.39, 0.29) is 17.7 Å². The number of hydrogen-bond acceptors (Lipinski definition) is 4. The minimum atomic E-state index is -2.66. The molecule has 0 aliphatic carbocycles. The van der Waals surface area contributed by atoms with Gasteiger partial charge in [-0.15, -0.1) is 0 Å². The summed E-state index contributed by atoms with van der Waals surface area (Å²) >= 11 is 0. The van der Waals surface area contributed by atoms with Crippen molar-refractivity contribution in [1.29, 1.82) is 0 Å². The molecule has 2 unspecified atom stereocenters. The van der Waals surface area contributed by atoms with Gasteiger partial charge in [-0.3, -0.25) is 9.69 Å². The first-order valence-electron chi connectivity index (χ1n) is 10.8. The number of nitrogens with zero attached hydrogens (tertiary/aromatic N) is 1. The molecule has 0 aliphatic rings. The molecule has 3 rings (SSSR count). The smallest absolute Gasteiger partial charge is 0.410 e. The number of benzene rings is 3. The number of nitrogens with one attached hydrogen (secondary N) is 1. The molecule has 0 heterocycles. The van der Waals surface area contributed by atoms with Crippen LogP contribution >= 0.6 is 0 Å². The van der Waals surface area contributed by atoms with Gasteiger partial charge in [0.1, 0.15) is 11.9 Å². The number of carboxylic acids is 1. The van der Waals surface area contributed by atoms with Crippen LogP contribution in [-0.2, 0) is 20.7 Å². The molecule has 0 bridgehead atoms. The molecule has 2 amide bonds. The number of amides is 2. The number of rotatable bonds is 9. The zero-order valence-corrected chi connectivity index (χ0v) is 19.1. The van der Waals surface area contributed by atoms with Crippen molar-refractivity contribution >= 4 is 23.7 Å². The van der Waals surface area contributed by atoms with Gasteiger partial charge >= 0.3 is 12.1 Å². The van der Waals surface area contributed by atoms with Crippen LogP contribution in [0.15, 0.2) is 78.9 Å². The molecule has 0 radical (unpaired) electrons. The third kappa shape index (κ3) is 6.84. The Labute approximate surface area is 205 Å². The van der Waals surface area contributed by atoms with Crippen molar-refractivity contribution in [2.75, 3.05) is 4.90 Å². The van der Waals surface area contributed by atoms with Crippen molar-refractivity contribution in [3.63, 3.8) is 0 Å². The number of aliphatic carboxylic acids is 1. The highest BCUT2D eigenvalue weighted by Gasteiger charge is 2.30. The minimum Gasteiger partial charge on any atom is -0.480 e. The first-order chi connectivity index (χ1) is 17.2. The molecule has 0 saturated heterocycles. The van der Waals surface area contributed by atoms with E-state index in [4.69, 9.17) is 4.74 Å². The molecule has 0 aromatic heterocycles. The second-order valence-electron chi connectivity index (χ2n) is 7.82. The molecule has 0 saturated carbocycles. The highest BCUT2D eigenvalue weighted by molar-refractivity contribution is 5.92. The highest BCUT2D eigenvalue weighted by Crippen LogP contribution is 2.29. The van der Waals surface area contributed by atoms with Crippen LogP contribution in [0.1, 0.15) is 36.3 Å². The van der Waals surface area contributed by atoms with Gasteiger partial charge in [0.25, 0.3) is 6.43 Å². The van der Waals surface area contributed by atoms with Gasteiger partial charge < -0.3 is 15.2 Å². The Hall–Kier alpha value is -4.34. The van der Waals surface area contributed by atoms with Crippen LogP contribution in [0.2, 0.25) is 0 Å². The second kappa shape index (κ2) is 11.9. The molecular formula is C26H23F3N2O5. The van der Waals surface area contributed by atoms with Crippen molar-refractivity contribution in [3.05, 3.63) is 101 Å². The summed E-state index contributed by atoms with van der Waals surface area (Å²) in [5.74, 6) is -2.41. The summed E-state index contributed by atoms with van der Waals surface area (Å²) in [6.07, 6.45) is -5.29. The van der Waals surface area contributed by atoms with Gasteiger partial charge in [-0.2, -0.15) is 0 Å². The molecule has 188 valence electrons. The Morgan fingerprint density at radius 2 is 1.53 bits per heavy atom. The van der Waals surface area contributed by atoms with Gasteiger partial charge in [-0.05, 0) is 29.8 Å². The summed E-state index contributed by atoms with van der Waals surface area (Å²) in [6, 6.07) is 16.9. The summed E-state index contributed by atoms with van der Waals surface area (Å²) in [6.45, 7) is 1.24. The number of hydrogen-bond donors (Lipinski definition) is 2. The number of ether oxygens (including phenoxy) is 1. The fourth-order valence-electron chi connectivity index (χ4n) is 3.48. The van der Waals surface area contributed by atoms with Crippen LogP contribution in [0, 0.1) is 5.82 Å². The topological polar surface area (TPSA) is 95.9 Å². The van der Waals surface area contributed by atoms with Crippen molar-refractivity contribution in [2.24, 2.45) is 0 Å². The van der Waals surface area contributed by atoms with E-state index >= 15 is 0 Å². The van der Waals surface area contributed by atoms with Crippen LogP contribution in [0.3, 0.4) is 0 Å². The number of alkyl carbamates (subject to hydrolysis) is 1. The van der Waals surface area contributed by atoms with Crippen LogP contribution in [0.25, 0.3) is 0 Å². The Balaban J connectivity index is 1.83. The average Bonchev–Trinajstić information content (AvgIpc) is 2.85. The van der Waals surface area contributed by atoms with E-state index in [1.165, 1.54) is 43.3 Å². The molecule has 10 heteroatoms. The standard InChI is InChI=1S/C26H23F3N2O5/c1-16(32)31(21-13-11-20(27)12-14-21)24(19-5-3-2-4-6-19)36-26(35)30-22(25(33)34)15-17-7-9-18(10-8-17)23(28)29/h2-14,22-24H,15H2,1H3,(H,30,35)(H,33,34). The molecule has 0 aliphatic heterocycles. The lowest BCUT2D eigenvalue weighted by Gasteiger charge is -2.31. The number of alkyl halides is 2. The maximum atomic E-state index is 13.5. The van der Waals surface area contributed by atoms with Gasteiger partial charge in [0.15, 0.2) is 0 Å². The van der Waals surface area contributed by atoms with E-state index in [0.717, 1.165) is 17.0 Å². The number of carboxylic acid groups (broad SMARTS) is 1. The molecular weight excluding hydrogens is 477 g/mol. The predicted octanol–water partition coefficient (Wildman–Crippen LogP) is 5.24. The summed E-state index contributed by atoms with van der Waals surface area (Å²) in [5.41, 5.74) is 0.846. The fraction of sp³-hybridized carbons (Fsp3) is 0.192. The zero-order chi connectivity index (χ0) is 26.2. The normalized spacial score (nSPS) is 12.5. The van der Waals surface area contributed by atoms with Crippen molar-refractivity contribution in [3.8, 4) is 0 Å². The lowest BCUT2D eigenvalue weighted by atomic mass is 10.0. The first-order valence-corrected chi connectivity index (χ1v) is 10.8. The monoisotopic (exact) mass is 500 g/mol. The number of anilines is 1. The number of carbonyl (C=O) groups excluding carboxylic acids is 2. The Morgan fingerprint density at radius 3 is 2.06 bits per heavy atom. The summed E-state index contributed by atoms with van der Waals surface area (Å²) < 4.78 is 44.5. The Morgan fingerprint density at radius 1 is 0.917 bits per heavy atom. The average molecular weight is 500 g/mol. The zero-order valence-electron chi connectivity index (χ0n) is 19.1. The van der Waals surface area contributed by atoms with E-state index in [2.05, 4.69) is 5.32 Å². The second-order valence-corrected chi connectivity index (χ2v) is 7.82. The van der Waals surface area contributed by atoms with Gasteiger partial charge in [-0.25, -0.2) is 22.8 Å². The third-order valence-corrected chi connectivity index (χ3v) is 5.24. The molecule has 7 nitrogen and oxygen atoms in total. The predicted molar refractivity (Wildman–Crippen MR) is 125 cm³/mol. The molecule has 0 spiro atoms. The third-order valence-electron chi connectivity index (χ3n) is 5.24. The molecule has 0 fully saturated rings. The molecule has 3 aromatic rings. The SMILES string of the molecule is CC(=O)N(c1ccc(F)cc1)C(OC(=O)NC(Cc1ccc(C(F)F)cc1)C(=O)O)c1ccccc1. The summed E-state index contributed by atoms with van der Waals surface area (Å²) in [4.78, 5) is 38.2. The van der Waals surface area contributed by atoms with Crippen molar-refractivity contribution in [2.45, 2.75) is 32.0 Å². The minimum absolute atomic E-state index is 0.196. The van der Waals surface area contributed by atoms with E-state index in [1.54, 1.807) is 30.3 Å². The van der Waals surface area contributed by atoms with Crippen LogP contribution in [0.4, 0.5) is 23.7 Å². The fourth-order valence-corrected chi connectivity index (χ4v) is 3.48. The Bertz CT molecular complexity index is 1190. The van der Waals surface area contributed by atoms with E-state index in [0.29, 0.717) is 11.1 Å². The number of halogens is 3. The molecule has 3 aromatic carbocycles. The van der Waals surface area contributed by atoms with Gasteiger partial charge in [0, 0.05) is 30.2 Å².